The van der Waals surface area contributed by atoms with Crippen molar-refractivity contribution in [1.29, 1.82) is 0 Å². The molecule has 0 spiro atoms. The van der Waals surface area contributed by atoms with E-state index in [-0.39, 0.29) is 9.31 Å². The summed E-state index contributed by atoms with van der Waals surface area (Å²) in [6, 6.07) is 5.55. The van der Waals surface area contributed by atoms with Gasteiger partial charge in [-0.2, -0.15) is 8.42 Å². The molecular formula is C14H19BrN2O6S. The van der Waals surface area contributed by atoms with E-state index in [1.807, 2.05) is 5.43 Å². The number of ether oxygens (including phenoxy) is 2. The van der Waals surface area contributed by atoms with Gasteiger partial charge in [0.05, 0.1) is 17.1 Å². The fourth-order valence-corrected chi connectivity index (χ4v) is 2.88. The SMILES string of the molecule is CC(C)OC(=O)NN(C(=O)OC(C)C)S(=O)(=O)c1ccc(Br)cc1. The zero-order valence-electron chi connectivity index (χ0n) is 13.6. The Morgan fingerprint density at radius 2 is 1.54 bits per heavy atom. The molecule has 24 heavy (non-hydrogen) atoms. The van der Waals surface area contributed by atoms with Gasteiger partial charge in [0.15, 0.2) is 0 Å². The van der Waals surface area contributed by atoms with Gasteiger partial charge >= 0.3 is 12.2 Å². The van der Waals surface area contributed by atoms with Crippen LogP contribution in [0.1, 0.15) is 27.7 Å². The number of amides is 2. The third-order valence-electron chi connectivity index (χ3n) is 2.39. The summed E-state index contributed by atoms with van der Waals surface area (Å²) >= 11 is 3.19. The molecule has 0 aliphatic carbocycles. The van der Waals surface area contributed by atoms with Crippen LogP contribution in [-0.4, -0.2) is 37.2 Å². The number of nitrogens with zero attached hydrogens (tertiary/aromatic N) is 1. The predicted molar refractivity (Wildman–Crippen MR) is 89.5 cm³/mol. The third-order valence-corrected chi connectivity index (χ3v) is 4.51. The van der Waals surface area contributed by atoms with Crippen molar-refractivity contribution in [3.63, 3.8) is 0 Å². The van der Waals surface area contributed by atoms with Crippen molar-refractivity contribution in [2.24, 2.45) is 0 Å². The summed E-state index contributed by atoms with van der Waals surface area (Å²) in [5, 5.41) is 0. The standard InChI is InChI=1S/C14H19BrN2O6S/c1-9(2)22-13(18)16-17(14(19)23-10(3)4)24(20,21)12-7-5-11(15)6-8-12/h5-10H,1-4H3,(H,16,18). The number of hydrogen-bond acceptors (Lipinski definition) is 6. The Morgan fingerprint density at radius 3 is 2.00 bits per heavy atom. The van der Waals surface area contributed by atoms with Crippen LogP contribution in [0.5, 0.6) is 0 Å². The number of nitrogens with one attached hydrogen (secondary N) is 1. The van der Waals surface area contributed by atoms with E-state index in [2.05, 4.69) is 15.9 Å². The smallest absolute Gasteiger partial charge is 0.443 e. The van der Waals surface area contributed by atoms with Crippen LogP contribution < -0.4 is 5.43 Å². The number of rotatable bonds is 4. The molecule has 0 fully saturated rings. The van der Waals surface area contributed by atoms with Gasteiger partial charge in [0.2, 0.25) is 0 Å². The van der Waals surface area contributed by atoms with Crippen molar-refractivity contribution in [1.82, 2.24) is 9.84 Å². The van der Waals surface area contributed by atoms with Gasteiger partial charge in [-0.15, -0.1) is 4.41 Å². The van der Waals surface area contributed by atoms with Crippen LogP contribution >= 0.6 is 15.9 Å². The van der Waals surface area contributed by atoms with Gasteiger partial charge < -0.3 is 9.47 Å². The Morgan fingerprint density at radius 1 is 1.04 bits per heavy atom. The van der Waals surface area contributed by atoms with E-state index in [4.69, 9.17) is 9.47 Å². The molecule has 0 radical (unpaired) electrons. The molecule has 1 rings (SSSR count). The zero-order chi connectivity index (χ0) is 18.5. The maximum absolute atomic E-state index is 12.6. The molecule has 0 unspecified atom stereocenters. The molecule has 2 amide bonds. The summed E-state index contributed by atoms with van der Waals surface area (Å²) in [6.07, 6.45) is -3.41. The van der Waals surface area contributed by atoms with Crippen molar-refractivity contribution < 1.29 is 27.5 Å². The normalized spacial score (nSPS) is 11.3. The van der Waals surface area contributed by atoms with Crippen LogP contribution in [0.15, 0.2) is 33.6 Å². The van der Waals surface area contributed by atoms with E-state index in [0.29, 0.717) is 4.47 Å². The molecule has 0 atom stereocenters. The Balaban J connectivity index is 3.17. The summed E-state index contributed by atoms with van der Waals surface area (Å²) in [7, 11) is -4.37. The van der Waals surface area contributed by atoms with Crippen LogP contribution in [0.4, 0.5) is 9.59 Å². The Labute approximate surface area is 149 Å². The van der Waals surface area contributed by atoms with Crippen molar-refractivity contribution >= 4 is 38.1 Å². The lowest BCUT2D eigenvalue weighted by Crippen LogP contribution is -2.50. The average Bonchev–Trinajstić information content (AvgIpc) is 2.43. The van der Waals surface area contributed by atoms with Crippen LogP contribution in [0.3, 0.4) is 0 Å². The van der Waals surface area contributed by atoms with Gasteiger partial charge in [-0.05, 0) is 52.0 Å². The number of sulfonamides is 1. The van der Waals surface area contributed by atoms with Crippen molar-refractivity contribution in [3.05, 3.63) is 28.7 Å². The molecule has 8 nitrogen and oxygen atoms in total. The molecule has 0 aliphatic heterocycles. The van der Waals surface area contributed by atoms with E-state index >= 15 is 0 Å². The van der Waals surface area contributed by atoms with Gasteiger partial charge in [-0.1, -0.05) is 15.9 Å². The Kier molecular flexibility index (Phi) is 7.03. The molecule has 0 heterocycles. The number of hydrogen-bond donors (Lipinski definition) is 1. The van der Waals surface area contributed by atoms with Gasteiger partial charge in [0.1, 0.15) is 0 Å². The van der Waals surface area contributed by atoms with E-state index in [1.54, 1.807) is 27.7 Å². The highest BCUT2D eigenvalue weighted by Crippen LogP contribution is 2.19. The van der Waals surface area contributed by atoms with Crippen molar-refractivity contribution in [2.75, 3.05) is 0 Å². The van der Waals surface area contributed by atoms with Gasteiger partial charge in [0, 0.05) is 4.47 Å². The van der Waals surface area contributed by atoms with Gasteiger partial charge in [0.25, 0.3) is 10.0 Å². The molecule has 1 aromatic carbocycles. The van der Waals surface area contributed by atoms with Crippen molar-refractivity contribution in [3.8, 4) is 0 Å². The molecule has 0 aliphatic rings. The minimum absolute atomic E-state index is 0.126. The molecule has 0 bridgehead atoms. The molecule has 0 saturated carbocycles. The summed E-state index contributed by atoms with van der Waals surface area (Å²) < 4.78 is 35.7. The Hall–Kier alpha value is -1.81. The Bertz CT molecular complexity index is 688. The van der Waals surface area contributed by atoms with Gasteiger partial charge in [-0.25, -0.2) is 15.0 Å². The molecular weight excluding hydrogens is 404 g/mol. The highest BCUT2D eigenvalue weighted by atomic mass is 79.9. The van der Waals surface area contributed by atoms with Gasteiger partial charge in [-0.3, -0.25) is 0 Å². The zero-order valence-corrected chi connectivity index (χ0v) is 16.0. The second-order valence-electron chi connectivity index (χ2n) is 5.22. The molecule has 1 aromatic rings. The van der Waals surface area contributed by atoms with E-state index < -0.39 is 34.4 Å². The van der Waals surface area contributed by atoms with Crippen LogP contribution in [0.25, 0.3) is 0 Å². The maximum Gasteiger partial charge on any atom is 0.443 e. The summed E-state index contributed by atoms with van der Waals surface area (Å²) in [5.41, 5.74) is 1.90. The fourth-order valence-electron chi connectivity index (χ4n) is 1.49. The second kappa shape index (κ2) is 8.34. The quantitative estimate of drug-likeness (QED) is 0.747. The fraction of sp³-hybridized carbons (Fsp3) is 0.429. The first kappa shape index (κ1) is 20.2. The highest BCUT2D eigenvalue weighted by molar-refractivity contribution is 9.10. The lowest BCUT2D eigenvalue weighted by Gasteiger charge is -2.23. The average molecular weight is 423 g/mol. The summed E-state index contributed by atoms with van der Waals surface area (Å²) in [6.45, 7) is 6.27. The second-order valence-corrected chi connectivity index (χ2v) is 7.92. The third kappa shape index (κ3) is 5.68. The number of carbonyl (C=O) groups is 2. The first-order valence-electron chi connectivity index (χ1n) is 7.02. The monoisotopic (exact) mass is 422 g/mol. The van der Waals surface area contributed by atoms with Crippen molar-refractivity contribution in [2.45, 2.75) is 44.8 Å². The lowest BCUT2D eigenvalue weighted by molar-refractivity contribution is 0.0715. The molecule has 0 aromatic heterocycles. The summed E-state index contributed by atoms with van der Waals surface area (Å²) in [5.74, 6) is 0. The minimum atomic E-state index is -4.37. The van der Waals surface area contributed by atoms with Crippen LogP contribution in [0, 0.1) is 0 Å². The van der Waals surface area contributed by atoms with Crippen LogP contribution in [-0.2, 0) is 19.5 Å². The first-order chi connectivity index (χ1) is 11.0. The minimum Gasteiger partial charge on any atom is -0.446 e. The topological polar surface area (TPSA) is 102 Å². The molecule has 134 valence electrons. The highest BCUT2D eigenvalue weighted by Gasteiger charge is 2.33. The van der Waals surface area contributed by atoms with E-state index in [1.165, 1.54) is 24.3 Å². The number of halogens is 1. The first-order valence-corrected chi connectivity index (χ1v) is 9.26. The molecule has 1 N–H and O–H groups in total. The number of carbonyl (C=O) groups excluding carboxylic acids is 2. The molecule has 0 saturated heterocycles. The largest absolute Gasteiger partial charge is 0.446 e. The summed E-state index contributed by atoms with van der Waals surface area (Å²) in [4.78, 5) is 23.6. The van der Waals surface area contributed by atoms with E-state index in [0.717, 1.165) is 0 Å². The maximum atomic E-state index is 12.6. The number of hydrazine groups is 1. The van der Waals surface area contributed by atoms with E-state index in [9.17, 15) is 18.0 Å². The number of benzene rings is 1. The molecule has 10 heteroatoms. The lowest BCUT2D eigenvalue weighted by atomic mass is 10.4. The van der Waals surface area contributed by atoms with Crippen LogP contribution in [0.2, 0.25) is 0 Å². The predicted octanol–water partition coefficient (Wildman–Crippen LogP) is 3.03.